The number of alkyl halides is 3. The van der Waals surface area contributed by atoms with Gasteiger partial charge in [-0.2, -0.15) is 13.2 Å². The lowest BCUT2D eigenvalue weighted by Crippen LogP contribution is -2.44. The van der Waals surface area contributed by atoms with E-state index in [1.54, 1.807) is 19.1 Å². The smallest absolute Gasteiger partial charge is 0.417 e. The number of benzene rings is 2. The number of imidazole rings is 1. The standard InChI is InChI=1S/C25H28F4N4O2/c1-4-17-13-20-21(22(15(17)3)35-23(34)25(27,28)29)31-24(32-10-8-30-9-11-32)33(20)14-16-6-7-19(26)18(5-2)12-16/h6-7,12-13,30H,4-5,8-11,14H2,1-3H3. The predicted molar refractivity (Wildman–Crippen MR) is 126 cm³/mol. The molecule has 0 unspecified atom stereocenters. The van der Waals surface area contributed by atoms with Gasteiger partial charge in [-0.15, -0.1) is 0 Å². The van der Waals surface area contributed by atoms with E-state index in [1.165, 1.54) is 6.07 Å². The van der Waals surface area contributed by atoms with E-state index in [0.717, 1.165) is 24.2 Å². The molecule has 0 radical (unpaired) electrons. The van der Waals surface area contributed by atoms with Gasteiger partial charge in [0.1, 0.15) is 11.3 Å². The maximum absolute atomic E-state index is 14.1. The Kier molecular flexibility index (Phi) is 7.02. The summed E-state index contributed by atoms with van der Waals surface area (Å²) in [4.78, 5) is 18.5. The van der Waals surface area contributed by atoms with Crippen LogP contribution in [-0.2, 0) is 24.2 Å². The Balaban J connectivity index is 1.92. The van der Waals surface area contributed by atoms with Gasteiger partial charge in [0.15, 0.2) is 5.75 Å². The Morgan fingerprint density at radius 3 is 2.43 bits per heavy atom. The Bertz CT molecular complexity index is 1250. The van der Waals surface area contributed by atoms with Crippen LogP contribution < -0.4 is 15.0 Å². The number of aromatic nitrogens is 2. The second kappa shape index (κ2) is 9.85. The van der Waals surface area contributed by atoms with Gasteiger partial charge in [0, 0.05) is 26.2 Å². The topological polar surface area (TPSA) is 59.4 Å². The number of fused-ring (bicyclic) bond motifs is 1. The molecule has 6 nitrogen and oxygen atoms in total. The van der Waals surface area contributed by atoms with Crippen LogP contribution in [-0.4, -0.2) is 47.9 Å². The molecule has 1 fully saturated rings. The number of nitrogens with one attached hydrogen (secondary N) is 1. The zero-order valence-electron chi connectivity index (χ0n) is 19.9. The number of rotatable bonds is 6. The quantitative estimate of drug-likeness (QED) is 0.311. The molecule has 0 amide bonds. The average Bonchev–Trinajstić information content (AvgIpc) is 3.19. The molecule has 0 aliphatic carbocycles. The second-order valence-electron chi connectivity index (χ2n) is 8.61. The van der Waals surface area contributed by atoms with E-state index in [-0.39, 0.29) is 17.1 Å². The fraction of sp³-hybridized carbons (Fsp3) is 0.440. The van der Waals surface area contributed by atoms with Crippen molar-refractivity contribution in [3.8, 4) is 5.75 Å². The van der Waals surface area contributed by atoms with Crippen LogP contribution >= 0.6 is 0 Å². The molecule has 1 N–H and O–H groups in total. The average molecular weight is 493 g/mol. The van der Waals surface area contributed by atoms with Crippen molar-refractivity contribution in [2.24, 2.45) is 0 Å². The SMILES string of the molecule is CCc1cc(Cn2c(N3CCNCC3)nc3c(OC(=O)C(F)(F)F)c(C)c(CC)cc32)ccc1F. The molecule has 1 aromatic heterocycles. The normalized spacial score (nSPS) is 14.5. The van der Waals surface area contributed by atoms with Crippen LogP contribution in [0.2, 0.25) is 0 Å². The number of esters is 1. The summed E-state index contributed by atoms with van der Waals surface area (Å²) in [5.74, 6) is -2.16. The van der Waals surface area contributed by atoms with Crippen LogP contribution in [0.5, 0.6) is 5.75 Å². The molecule has 4 rings (SSSR count). The van der Waals surface area contributed by atoms with Crippen molar-refractivity contribution in [1.29, 1.82) is 0 Å². The zero-order valence-corrected chi connectivity index (χ0v) is 19.9. The second-order valence-corrected chi connectivity index (χ2v) is 8.61. The molecule has 1 aliphatic rings. The van der Waals surface area contributed by atoms with Gasteiger partial charge in [-0.05, 0) is 54.2 Å². The molecular formula is C25H28F4N4O2. The van der Waals surface area contributed by atoms with E-state index in [1.807, 2.05) is 24.5 Å². The van der Waals surface area contributed by atoms with Gasteiger partial charge < -0.3 is 19.5 Å². The Morgan fingerprint density at radius 1 is 1.11 bits per heavy atom. The van der Waals surface area contributed by atoms with Crippen LogP contribution in [0.25, 0.3) is 11.0 Å². The Hall–Kier alpha value is -3.14. The largest absolute Gasteiger partial charge is 0.491 e. The molecule has 3 aromatic rings. The highest BCUT2D eigenvalue weighted by molar-refractivity contribution is 5.91. The number of hydrogen-bond acceptors (Lipinski definition) is 5. The first-order chi connectivity index (χ1) is 16.6. The van der Waals surface area contributed by atoms with Crippen LogP contribution in [0.15, 0.2) is 24.3 Å². The number of hydrogen-bond donors (Lipinski definition) is 1. The van der Waals surface area contributed by atoms with Gasteiger partial charge in [-0.3, -0.25) is 0 Å². The van der Waals surface area contributed by atoms with Crippen LogP contribution in [0, 0.1) is 12.7 Å². The Morgan fingerprint density at radius 2 is 1.80 bits per heavy atom. The lowest BCUT2D eigenvalue weighted by Gasteiger charge is -2.29. The van der Waals surface area contributed by atoms with Gasteiger partial charge in [0.2, 0.25) is 5.95 Å². The molecule has 1 aliphatic heterocycles. The molecule has 35 heavy (non-hydrogen) atoms. The summed E-state index contributed by atoms with van der Waals surface area (Å²) in [7, 11) is 0. The molecule has 0 spiro atoms. The summed E-state index contributed by atoms with van der Waals surface area (Å²) in [5.41, 5.74) is 3.39. The highest BCUT2D eigenvalue weighted by atomic mass is 19.4. The summed E-state index contributed by atoms with van der Waals surface area (Å²) < 4.78 is 60.1. The van der Waals surface area contributed by atoms with Crippen LogP contribution in [0.4, 0.5) is 23.5 Å². The lowest BCUT2D eigenvalue weighted by molar-refractivity contribution is -0.189. The Labute approximate surface area is 200 Å². The van der Waals surface area contributed by atoms with E-state index in [9.17, 15) is 22.4 Å². The number of carbonyl (C=O) groups is 1. The van der Waals surface area contributed by atoms with E-state index in [4.69, 9.17) is 9.72 Å². The number of aryl methyl sites for hydroxylation is 2. The lowest BCUT2D eigenvalue weighted by atomic mass is 10.0. The third-order valence-corrected chi connectivity index (χ3v) is 6.37. The fourth-order valence-corrected chi connectivity index (χ4v) is 4.45. The van der Waals surface area contributed by atoms with E-state index < -0.39 is 12.1 Å². The molecule has 0 atom stereocenters. The number of ether oxygens (including phenoxy) is 1. The van der Waals surface area contributed by atoms with Crippen LogP contribution in [0.1, 0.15) is 36.1 Å². The molecule has 1 saturated heterocycles. The molecule has 188 valence electrons. The number of anilines is 1. The van der Waals surface area contributed by atoms with Gasteiger partial charge in [0.05, 0.1) is 12.1 Å². The predicted octanol–water partition coefficient (Wildman–Crippen LogP) is 4.53. The van der Waals surface area contributed by atoms with Gasteiger partial charge >= 0.3 is 12.1 Å². The van der Waals surface area contributed by atoms with Crippen molar-refractivity contribution < 1.29 is 27.1 Å². The summed E-state index contributed by atoms with van der Waals surface area (Å²) in [6.45, 7) is 8.50. The zero-order chi connectivity index (χ0) is 25.3. The summed E-state index contributed by atoms with van der Waals surface area (Å²) >= 11 is 0. The molecular weight excluding hydrogens is 464 g/mol. The molecule has 10 heteroatoms. The molecule has 2 aromatic carbocycles. The third kappa shape index (κ3) is 4.98. The van der Waals surface area contributed by atoms with Crippen molar-refractivity contribution in [3.05, 3.63) is 52.3 Å². The summed E-state index contributed by atoms with van der Waals surface area (Å²) in [5, 5.41) is 3.28. The summed E-state index contributed by atoms with van der Waals surface area (Å²) in [6, 6.07) is 6.80. The summed E-state index contributed by atoms with van der Waals surface area (Å²) in [6.07, 6.45) is -4.07. The maximum atomic E-state index is 14.1. The third-order valence-electron chi connectivity index (χ3n) is 6.37. The van der Waals surface area contributed by atoms with Gasteiger partial charge in [-0.1, -0.05) is 26.0 Å². The van der Waals surface area contributed by atoms with E-state index in [2.05, 4.69) is 10.2 Å². The van der Waals surface area contributed by atoms with E-state index >= 15 is 0 Å². The highest BCUT2D eigenvalue weighted by Gasteiger charge is 2.42. The number of piperazine rings is 1. The highest BCUT2D eigenvalue weighted by Crippen LogP contribution is 2.37. The first kappa shape index (κ1) is 25.0. The number of halogens is 4. The van der Waals surface area contributed by atoms with Crippen molar-refractivity contribution in [3.63, 3.8) is 0 Å². The van der Waals surface area contributed by atoms with Crippen molar-refractivity contribution in [1.82, 2.24) is 14.9 Å². The monoisotopic (exact) mass is 492 g/mol. The maximum Gasteiger partial charge on any atom is 0.491 e. The van der Waals surface area contributed by atoms with Crippen molar-refractivity contribution in [2.45, 2.75) is 46.3 Å². The minimum atomic E-state index is -5.13. The number of carbonyl (C=O) groups excluding carboxylic acids is 1. The molecule has 2 heterocycles. The molecule has 0 bridgehead atoms. The first-order valence-electron chi connectivity index (χ1n) is 11.7. The van der Waals surface area contributed by atoms with Gasteiger partial charge in [0.25, 0.3) is 0 Å². The fourth-order valence-electron chi connectivity index (χ4n) is 4.45. The van der Waals surface area contributed by atoms with Gasteiger partial charge in [-0.25, -0.2) is 14.2 Å². The molecule has 0 saturated carbocycles. The number of nitrogens with zero attached hydrogens (tertiary/aromatic N) is 3. The van der Waals surface area contributed by atoms with Crippen molar-refractivity contribution >= 4 is 23.0 Å². The van der Waals surface area contributed by atoms with Crippen molar-refractivity contribution in [2.75, 3.05) is 31.1 Å². The van der Waals surface area contributed by atoms with E-state index in [0.29, 0.717) is 55.1 Å². The minimum absolute atomic E-state index is 0.176. The van der Waals surface area contributed by atoms with Crippen LogP contribution in [0.3, 0.4) is 0 Å². The minimum Gasteiger partial charge on any atom is -0.417 e. The first-order valence-corrected chi connectivity index (χ1v) is 11.7.